The Bertz CT molecular complexity index is 216. The second-order valence-electron chi connectivity index (χ2n) is 2.93. The van der Waals surface area contributed by atoms with E-state index in [2.05, 4.69) is 10.5 Å². The summed E-state index contributed by atoms with van der Waals surface area (Å²) in [7, 11) is 0. The summed E-state index contributed by atoms with van der Waals surface area (Å²) in [6.45, 7) is 0.860. The largest absolute Gasteiger partial charge is 0.357 e. The summed E-state index contributed by atoms with van der Waals surface area (Å²) in [4.78, 5) is 1.69. The molecular weight excluding hydrogens is 154 g/mol. The second kappa shape index (κ2) is 3.58. The van der Waals surface area contributed by atoms with E-state index in [1.807, 2.05) is 12.3 Å². The van der Waals surface area contributed by atoms with Crippen molar-refractivity contribution < 1.29 is 4.74 Å². The number of hydrogen-bond acceptors (Lipinski definition) is 3. The molecule has 0 aromatic carbocycles. The van der Waals surface area contributed by atoms with Gasteiger partial charge in [0.2, 0.25) is 0 Å². The highest BCUT2D eigenvalue weighted by Gasteiger charge is 2.12. The van der Waals surface area contributed by atoms with Crippen LogP contribution in [0.25, 0.3) is 0 Å². The van der Waals surface area contributed by atoms with Crippen LogP contribution in [-0.2, 0) is 4.74 Å². The monoisotopic (exact) mass is 167 g/mol. The molecule has 4 nitrogen and oxygen atoms in total. The number of ether oxygens (including phenoxy) is 1. The highest BCUT2D eigenvalue weighted by atomic mass is 16.5. The SMILES string of the molecule is c1cnn(NC2CCCCO2)c1. The summed E-state index contributed by atoms with van der Waals surface area (Å²) in [5, 5.41) is 4.04. The van der Waals surface area contributed by atoms with E-state index >= 15 is 0 Å². The molecule has 2 rings (SSSR count). The van der Waals surface area contributed by atoms with Crippen molar-refractivity contribution in [3.05, 3.63) is 18.5 Å². The number of rotatable bonds is 2. The zero-order chi connectivity index (χ0) is 8.23. The molecule has 2 heterocycles. The fourth-order valence-electron chi connectivity index (χ4n) is 1.34. The predicted octanol–water partition coefficient (Wildman–Crippen LogP) is 0.953. The minimum Gasteiger partial charge on any atom is -0.357 e. The van der Waals surface area contributed by atoms with Crippen molar-refractivity contribution in [2.45, 2.75) is 25.5 Å². The Hall–Kier alpha value is -1.03. The van der Waals surface area contributed by atoms with Gasteiger partial charge in [-0.05, 0) is 25.3 Å². The lowest BCUT2D eigenvalue weighted by Crippen LogP contribution is -2.33. The van der Waals surface area contributed by atoms with E-state index in [0.29, 0.717) is 0 Å². The van der Waals surface area contributed by atoms with Crippen LogP contribution in [-0.4, -0.2) is 22.7 Å². The third kappa shape index (κ3) is 1.76. The molecule has 0 bridgehead atoms. The van der Waals surface area contributed by atoms with Gasteiger partial charge in [-0.25, -0.2) is 0 Å². The minimum absolute atomic E-state index is 0.138. The fraction of sp³-hybridized carbons (Fsp3) is 0.625. The van der Waals surface area contributed by atoms with E-state index in [0.717, 1.165) is 13.0 Å². The Labute approximate surface area is 71.5 Å². The standard InChI is InChI=1S/C8H13N3O/c1-2-7-12-8(4-1)10-11-6-3-5-9-11/h3,5-6,8,10H,1-2,4,7H2. The van der Waals surface area contributed by atoms with Gasteiger partial charge in [0.15, 0.2) is 0 Å². The van der Waals surface area contributed by atoms with Crippen molar-refractivity contribution in [3.63, 3.8) is 0 Å². The molecule has 0 spiro atoms. The Morgan fingerprint density at radius 3 is 3.17 bits per heavy atom. The Balaban J connectivity index is 1.86. The first-order valence-corrected chi connectivity index (χ1v) is 4.33. The molecule has 4 heteroatoms. The molecule has 1 unspecified atom stereocenters. The van der Waals surface area contributed by atoms with Crippen LogP contribution in [0, 0.1) is 0 Å². The van der Waals surface area contributed by atoms with E-state index in [9.17, 15) is 0 Å². The van der Waals surface area contributed by atoms with E-state index in [4.69, 9.17) is 4.74 Å². The first-order chi connectivity index (χ1) is 5.95. The lowest BCUT2D eigenvalue weighted by Gasteiger charge is -2.23. The van der Waals surface area contributed by atoms with Crippen LogP contribution in [0.2, 0.25) is 0 Å². The number of nitrogens with zero attached hydrogens (tertiary/aromatic N) is 2. The summed E-state index contributed by atoms with van der Waals surface area (Å²) in [5.41, 5.74) is 3.14. The lowest BCUT2D eigenvalue weighted by molar-refractivity contribution is 0.0250. The Morgan fingerprint density at radius 1 is 1.50 bits per heavy atom. The van der Waals surface area contributed by atoms with Gasteiger partial charge in [0.05, 0.1) is 6.20 Å². The predicted molar refractivity (Wildman–Crippen MR) is 45.2 cm³/mol. The van der Waals surface area contributed by atoms with Crippen LogP contribution < -0.4 is 5.43 Å². The third-order valence-corrected chi connectivity index (χ3v) is 1.96. The van der Waals surface area contributed by atoms with Crippen LogP contribution in [0.3, 0.4) is 0 Å². The summed E-state index contributed by atoms with van der Waals surface area (Å²) >= 11 is 0. The maximum absolute atomic E-state index is 5.48. The second-order valence-corrected chi connectivity index (χ2v) is 2.93. The van der Waals surface area contributed by atoms with Crippen molar-refractivity contribution in [1.82, 2.24) is 9.89 Å². The molecule has 0 saturated carbocycles. The Kier molecular flexibility index (Phi) is 2.27. The fourth-order valence-corrected chi connectivity index (χ4v) is 1.34. The quantitative estimate of drug-likeness (QED) is 0.712. The van der Waals surface area contributed by atoms with Crippen LogP contribution in [0.5, 0.6) is 0 Å². The van der Waals surface area contributed by atoms with Crippen molar-refractivity contribution in [2.75, 3.05) is 12.0 Å². The molecule has 0 aliphatic carbocycles. The molecule has 1 aliphatic rings. The van der Waals surface area contributed by atoms with Gasteiger partial charge in [0.1, 0.15) is 6.23 Å². The number of aromatic nitrogens is 2. The van der Waals surface area contributed by atoms with E-state index < -0.39 is 0 Å². The molecule has 1 aliphatic heterocycles. The zero-order valence-corrected chi connectivity index (χ0v) is 6.94. The molecular formula is C8H13N3O. The molecule has 1 N–H and O–H groups in total. The molecule has 0 amide bonds. The van der Waals surface area contributed by atoms with Gasteiger partial charge in [-0.3, -0.25) is 5.43 Å². The van der Waals surface area contributed by atoms with Crippen molar-refractivity contribution in [3.8, 4) is 0 Å². The molecule has 1 aromatic heterocycles. The summed E-state index contributed by atoms with van der Waals surface area (Å²) in [6, 6.07) is 1.88. The maximum Gasteiger partial charge on any atom is 0.142 e. The van der Waals surface area contributed by atoms with Gasteiger partial charge in [0, 0.05) is 12.8 Å². The molecule has 12 heavy (non-hydrogen) atoms. The van der Waals surface area contributed by atoms with Gasteiger partial charge in [-0.1, -0.05) is 0 Å². The lowest BCUT2D eigenvalue weighted by atomic mass is 10.2. The normalized spacial score (nSPS) is 23.8. The average molecular weight is 167 g/mol. The highest BCUT2D eigenvalue weighted by Crippen LogP contribution is 2.10. The van der Waals surface area contributed by atoms with Gasteiger partial charge >= 0.3 is 0 Å². The third-order valence-electron chi connectivity index (χ3n) is 1.96. The Morgan fingerprint density at radius 2 is 2.50 bits per heavy atom. The summed E-state index contributed by atoms with van der Waals surface area (Å²) in [5.74, 6) is 0. The molecule has 66 valence electrons. The number of nitrogens with one attached hydrogen (secondary N) is 1. The molecule has 0 radical (unpaired) electrons. The molecule has 1 fully saturated rings. The van der Waals surface area contributed by atoms with Gasteiger partial charge in [-0.15, -0.1) is 0 Å². The van der Waals surface area contributed by atoms with Crippen LogP contribution in [0.4, 0.5) is 0 Å². The topological polar surface area (TPSA) is 39.1 Å². The van der Waals surface area contributed by atoms with Gasteiger partial charge < -0.3 is 4.74 Å². The molecule has 1 aromatic rings. The average Bonchev–Trinajstić information content (AvgIpc) is 2.59. The van der Waals surface area contributed by atoms with Crippen LogP contribution in [0.1, 0.15) is 19.3 Å². The minimum atomic E-state index is 0.138. The van der Waals surface area contributed by atoms with E-state index in [1.165, 1.54) is 12.8 Å². The summed E-state index contributed by atoms with van der Waals surface area (Å²) < 4.78 is 5.48. The van der Waals surface area contributed by atoms with E-state index in [1.54, 1.807) is 11.0 Å². The summed E-state index contributed by atoms with van der Waals surface area (Å²) in [6.07, 6.45) is 7.24. The van der Waals surface area contributed by atoms with Crippen molar-refractivity contribution in [1.29, 1.82) is 0 Å². The van der Waals surface area contributed by atoms with Crippen molar-refractivity contribution >= 4 is 0 Å². The van der Waals surface area contributed by atoms with Gasteiger partial charge in [0.25, 0.3) is 0 Å². The van der Waals surface area contributed by atoms with E-state index in [-0.39, 0.29) is 6.23 Å². The maximum atomic E-state index is 5.48. The zero-order valence-electron chi connectivity index (χ0n) is 6.94. The van der Waals surface area contributed by atoms with Crippen LogP contribution in [0.15, 0.2) is 18.5 Å². The molecule has 1 saturated heterocycles. The highest BCUT2D eigenvalue weighted by molar-refractivity contribution is 4.83. The first-order valence-electron chi connectivity index (χ1n) is 4.33. The van der Waals surface area contributed by atoms with Gasteiger partial charge in [-0.2, -0.15) is 9.89 Å². The smallest absolute Gasteiger partial charge is 0.142 e. The van der Waals surface area contributed by atoms with Crippen molar-refractivity contribution in [2.24, 2.45) is 0 Å². The molecule has 1 atom stereocenters. The van der Waals surface area contributed by atoms with Crippen LogP contribution >= 0.6 is 0 Å². The number of hydrogen-bond donors (Lipinski definition) is 1. The first kappa shape index (κ1) is 7.61.